The Balaban J connectivity index is 0.000000403. The fourth-order valence-corrected chi connectivity index (χ4v) is 1.72. The van der Waals surface area contributed by atoms with Gasteiger partial charge in [0.1, 0.15) is 0 Å². The molecule has 2 aromatic carbocycles. The maximum atomic E-state index is 10.4. The summed E-state index contributed by atoms with van der Waals surface area (Å²) in [4.78, 5) is 20.8. The summed E-state index contributed by atoms with van der Waals surface area (Å²) in [6.07, 6.45) is 2.98. The summed E-state index contributed by atoms with van der Waals surface area (Å²) in [6, 6.07) is 13.2. The summed E-state index contributed by atoms with van der Waals surface area (Å²) in [7, 11) is 0. The quantitative estimate of drug-likeness (QED) is 0.772. The molecule has 0 N–H and O–H groups in total. The van der Waals surface area contributed by atoms with Crippen molar-refractivity contribution in [2.75, 3.05) is 0 Å². The van der Waals surface area contributed by atoms with E-state index in [1.165, 1.54) is 24.3 Å². The van der Waals surface area contributed by atoms with E-state index in [9.17, 15) is 19.8 Å². The third kappa shape index (κ3) is 6.01. The molecule has 2 rings (SSSR count). The molecule has 0 radical (unpaired) electrons. The van der Waals surface area contributed by atoms with Gasteiger partial charge in [-0.1, -0.05) is 73.8 Å². The van der Waals surface area contributed by atoms with Gasteiger partial charge in [-0.05, 0) is 11.1 Å². The van der Waals surface area contributed by atoms with E-state index in [-0.39, 0.29) is 30.6 Å². The van der Waals surface area contributed by atoms with Gasteiger partial charge in [0.2, 0.25) is 0 Å². The largest absolute Gasteiger partial charge is 2.00 e. The fourth-order valence-electron chi connectivity index (χ4n) is 1.72. The van der Waals surface area contributed by atoms with E-state index in [1.54, 1.807) is 36.4 Å². The minimum absolute atomic E-state index is 0. The third-order valence-electron chi connectivity index (χ3n) is 2.80. The van der Waals surface area contributed by atoms with E-state index in [4.69, 9.17) is 0 Å². The second-order valence-corrected chi connectivity index (χ2v) is 4.16. The molecule has 112 valence electrons. The number of carboxylic acids is 2. The molecular formula is C18H14O4Zn. The molecule has 0 unspecified atom stereocenters. The molecule has 4 nitrogen and oxygen atoms in total. The smallest absolute Gasteiger partial charge is 0.545 e. The van der Waals surface area contributed by atoms with Gasteiger partial charge in [-0.2, -0.15) is 0 Å². The van der Waals surface area contributed by atoms with E-state index < -0.39 is 11.9 Å². The van der Waals surface area contributed by atoms with Crippen LogP contribution in [-0.2, 0) is 19.5 Å². The van der Waals surface area contributed by atoms with Crippen LogP contribution in [-0.4, -0.2) is 11.9 Å². The Morgan fingerprint density at radius 2 is 1.04 bits per heavy atom. The zero-order valence-corrected chi connectivity index (χ0v) is 15.5. The van der Waals surface area contributed by atoms with Crippen molar-refractivity contribution in [3.05, 3.63) is 83.9 Å². The van der Waals surface area contributed by atoms with Crippen LogP contribution in [0.2, 0.25) is 0 Å². The van der Waals surface area contributed by atoms with Gasteiger partial charge >= 0.3 is 19.5 Å². The van der Waals surface area contributed by atoms with Crippen LogP contribution in [0.4, 0.5) is 0 Å². The van der Waals surface area contributed by atoms with Crippen LogP contribution in [0, 0.1) is 0 Å². The molecule has 0 aliphatic carbocycles. The Morgan fingerprint density at radius 3 is 1.26 bits per heavy atom. The molecule has 2 aromatic rings. The van der Waals surface area contributed by atoms with Crippen LogP contribution in [0.3, 0.4) is 0 Å². The van der Waals surface area contributed by atoms with E-state index in [0.29, 0.717) is 11.1 Å². The minimum atomic E-state index is -1.17. The normalized spacial score (nSPS) is 8.70. The molecule has 0 saturated heterocycles. The SMILES string of the molecule is C=Cc1ccccc1C(=O)[O-].C=Cc1ccccc1C(=O)[O-].[Zn+2]. The second kappa shape index (κ2) is 10.2. The molecule has 0 bridgehead atoms. The number of rotatable bonds is 4. The molecule has 0 aromatic heterocycles. The van der Waals surface area contributed by atoms with Crippen molar-refractivity contribution in [1.29, 1.82) is 0 Å². The van der Waals surface area contributed by atoms with Crippen LogP contribution in [0.1, 0.15) is 31.8 Å². The zero-order valence-electron chi connectivity index (χ0n) is 12.5. The number of aromatic carboxylic acids is 2. The summed E-state index contributed by atoms with van der Waals surface area (Å²) in [6.45, 7) is 6.97. The monoisotopic (exact) mass is 358 g/mol. The molecular weight excluding hydrogens is 346 g/mol. The van der Waals surface area contributed by atoms with Gasteiger partial charge in [0.25, 0.3) is 0 Å². The van der Waals surface area contributed by atoms with Gasteiger partial charge < -0.3 is 19.8 Å². The standard InChI is InChI=1S/2C9H8O2.Zn/c2*1-2-7-5-3-4-6-8(7)9(10)11;/h2*2-6H,1H2,(H,10,11);/q;;+2/p-2. The maximum Gasteiger partial charge on any atom is 2.00 e. The van der Waals surface area contributed by atoms with E-state index in [1.807, 2.05) is 0 Å². The maximum absolute atomic E-state index is 10.4. The molecule has 0 aliphatic heterocycles. The zero-order chi connectivity index (χ0) is 16.5. The van der Waals surface area contributed by atoms with Crippen molar-refractivity contribution in [3.8, 4) is 0 Å². The summed E-state index contributed by atoms with van der Waals surface area (Å²) < 4.78 is 0. The first-order chi connectivity index (χ1) is 10.5. The van der Waals surface area contributed by atoms with Gasteiger partial charge in [-0.15, -0.1) is 0 Å². The average Bonchev–Trinajstić information content (AvgIpc) is 2.55. The number of carbonyl (C=O) groups excluding carboxylic acids is 2. The van der Waals surface area contributed by atoms with Crippen LogP contribution in [0.25, 0.3) is 12.2 Å². The van der Waals surface area contributed by atoms with Crippen LogP contribution in [0.15, 0.2) is 61.7 Å². The second-order valence-electron chi connectivity index (χ2n) is 4.16. The predicted molar refractivity (Wildman–Crippen MR) is 81.7 cm³/mol. The molecule has 0 amide bonds. The number of carbonyl (C=O) groups is 2. The molecule has 0 heterocycles. The number of carboxylic acid groups (broad SMARTS) is 2. The molecule has 0 atom stereocenters. The molecule has 0 fully saturated rings. The van der Waals surface area contributed by atoms with Gasteiger partial charge in [0.05, 0.1) is 11.9 Å². The summed E-state index contributed by atoms with van der Waals surface area (Å²) in [5.41, 5.74) is 1.55. The van der Waals surface area contributed by atoms with Crippen LogP contribution >= 0.6 is 0 Å². The Bertz CT molecular complexity index is 646. The van der Waals surface area contributed by atoms with E-state index >= 15 is 0 Å². The molecule has 0 aliphatic rings. The van der Waals surface area contributed by atoms with Gasteiger partial charge in [-0.3, -0.25) is 0 Å². The van der Waals surface area contributed by atoms with Gasteiger partial charge in [0, 0.05) is 11.1 Å². The molecule has 0 saturated carbocycles. The topological polar surface area (TPSA) is 80.3 Å². The number of hydrogen-bond donors (Lipinski definition) is 0. The van der Waals surface area contributed by atoms with Gasteiger partial charge in [0.15, 0.2) is 0 Å². The van der Waals surface area contributed by atoms with Crippen molar-refractivity contribution in [3.63, 3.8) is 0 Å². The Labute approximate surface area is 147 Å². The Morgan fingerprint density at radius 1 is 0.739 bits per heavy atom. The number of benzene rings is 2. The molecule has 23 heavy (non-hydrogen) atoms. The molecule has 0 spiro atoms. The number of hydrogen-bond acceptors (Lipinski definition) is 4. The third-order valence-corrected chi connectivity index (χ3v) is 2.80. The van der Waals surface area contributed by atoms with Crippen molar-refractivity contribution in [2.24, 2.45) is 0 Å². The van der Waals surface area contributed by atoms with Crippen molar-refractivity contribution in [1.82, 2.24) is 0 Å². The summed E-state index contributed by atoms with van der Waals surface area (Å²) >= 11 is 0. The summed E-state index contributed by atoms with van der Waals surface area (Å²) in [5.74, 6) is -2.33. The Kier molecular flexibility index (Phi) is 9.13. The first-order valence-corrected chi connectivity index (χ1v) is 6.37. The van der Waals surface area contributed by atoms with E-state index in [0.717, 1.165) is 0 Å². The first-order valence-electron chi connectivity index (χ1n) is 6.37. The minimum Gasteiger partial charge on any atom is -0.545 e. The van der Waals surface area contributed by atoms with Crippen molar-refractivity contribution in [2.45, 2.75) is 0 Å². The predicted octanol–water partition coefficient (Wildman–Crippen LogP) is 1.38. The van der Waals surface area contributed by atoms with Crippen LogP contribution in [0.5, 0.6) is 0 Å². The fraction of sp³-hybridized carbons (Fsp3) is 0. The first kappa shape index (κ1) is 20.5. The Hall–Kier alpha value is -2.52. The van der Waals surface area contributed by atoms with E-state index in [2.05, 4.69) is 13.2 Å². The summed E-state index contributed by atoms with van der Waals surface area (Å²) in [5, 5.41) is 20.8. The average molecular weight is 360 g/mol. The van der Waals surface area contributed by atoms with Crippen LogP contribution < -0.4 is 10.2 Å². The van der Waals surface area contributed by atoms with Crippen molar-refractivity contribution >= 4 is 24.1 Å². The van der Waals surface area contributed by atoms with Crippen molar-refractivity contribution < 1.29 is 39.3 Å². The molecule has 5 heteroatoms. The van der Waals surface area contributed by atoms with Gasteiger partial charge in [-0.25, -0.2) is 0 Å².